The van der Waals surface area contributed by atoms with Gasteiger partial charge in [-0.3, -0.25) is 0 Å². The number of carbonyl (C=O) groups excluding carboxylic acids is 1. The molecule has 0 saturated carbocycles. The predicted octanol–water partition coefficient (Wildman–Crippen LogP) is 1.60. The van der Waals surface area contributed by atoms with Crippen molar-refractivity contribution < 1.29 is 14.0 Å². The van der Waals surface area contributed by atoms with Gasteiger partial charge in [-0.05, 0) is 31.1 Å². The molecule has 0 atom stereocenters. The van der Waals surface area contributed by atoms with E-state index in [1.54, 1.807) is 0 Å². The standard InChI is InChI=1S/C12H24O3Si/c1-4-11(13)14-9-7-8-12(5-2,6-3)10-15-16/h4H,1,5-10H2,2-3,16H3. The summed E-state index contributed by atoms with van der Waals surface area (Å²) in [6.07, 6.45) is 5.37. The van der Waals surface area contributed by atoms with Gasteiger partial charge in [-0.15, -0.1) is 0 Å². The molecule has 0 unspecified atom stereocenters. The summed E-state index contributed by atoms with van der Waals surface area (Å²) in [5, 5.41) is 0. The molecule has 0 aliphatic rings. The summed E-state index contributed by atoms with van der Waals surface area (Å²) < 4.78 is 10.4. The van der Waals surface area contributed by atoms with Gasteiger partial charge in [0.25, 0.3) is 0 Å². The van der Waals surface area contributed by atoms with Crippen LogP contribution in [0.5, 0.6) is 0 Å². The Kier molecular flexibility index (Phi) is 8.20. The molecule has 4 heteroatoms. The number of carbonyl (C=O) groups is 1. The van der Waals surface area contributed by atoms with Crippen LogP contribution in [-0.2, 0) is 14.0 Å². The first-order valence-electron chi connectivity index (χ1n) is 5.92. The van der Waals surface area contributed by atoms with Crippen molar-refractivity contribution >= 4 is 16.5 Å². The zero-order valence-electron chi connectivity index (χ0n) is 10.8. The number of ether oxygens (including phenoxy) is 1. The Balaban J connectivity index is 3.92. The average molecular weight is 244 g/mol. The Morgan fingerprint density at radius 2 is 2.06 bits per heavy atom. The fourth-order valence-electron chi connectivity index (χ4n) is 1.86. The summed E-state index contributed by atoms with van der Waals surface area (Å²) in [6, 6.07) is 0. The fraction of sp³-hybridized carbons (Fsp3) is 0.750. The normalized spacial score (nSPS) is 11.4. The lowest BCUT2D eigenvalue weighted by Gasteiger charge is -2.31. The van der Waals surface area contributed by atoms with Crippen LogP contribution in [0.2, 0.25) is 0 Å². The molecule has 0 aromatic rings. The van der Waals surface area contributed by atoms with Crippen LogP contribution >= 0.6 is 0 Å². The van der Waals surface area contributed by atoms with Crippen molar-refractivity contribution in [1.29, 1.82) is 0 Å². The molecule has 0 rings (SSSR count). The molecule has 0 N–H and O–H groups in total. The lowest BCUT2D eigenvalue weighted by atomic mass is 9.79. The van der Waals surface area contributed by atoms with Crippen molar-refractivity contribution in [2.75, 3.05) is 13.2 Å². The van der Waals surface area contributed by atoms with E-state index in [9.17, 15) is 4.79 Å². The third-order valence-corrected chi connectivity index (χ3v) is 3.50. The first-order valence-corrected chi connectivity index (χ1v) is 6.74. The highest BCUT2D eigenvalue weighted by Crippen LogP contribution is 2.32. The summed E-state index contributed by atoms with van der Waals surface area (Å²) in [7, 11) is 0.787. The van der Waals surface area contributed by atoms with Gasteiger partial charge in [0.2, 0.25) is 0 Å². The molecule has 0 aliphatic carbocycles. The number of rotatable bonds is 9. The van der Waals surface area contributed by atoms with Gasteiger partial charge in [0.15, 0.2) is 0 Å². The summed E-state index contributed by atoms with van der Waals surface area (Å²) >= 11 is 0. The van der Waals surface area contributed by atoms with Crippen LogP contribution in [-0.4, -0.2) is 29.7 Å². The predicted molar refractivity (Wildman–Crippen MR) is 69.3 cm³/mol. The van der Waals surface area contributed by atoms with Gasteiger partial charge in [0, 0.05) is 12.7 Å². The molecule has 0 aliphatic heterocycles. The molecule has 0 heterocycles. The zero-order valence-corrected chi connectivity index (χ0v) is 12.8. The Labute approximate surface area is 102 Å². The minimum absolute atomic E-state index is 0.266. The molecule has 0 amide bonds. The van der Waals surface area contributed by atoms with Crippen molar-refractivity contribution in [3.05, 3.63) is 12.7 Å². The van der Waals surface area contributed by atoms with Crippen molar-refractivity contribution in [1.82, 2.24) is 0 Å². The van der Waals surface area contributed by atoms with E-state index < -0.39 is 0 Å². The van der Waals surface area contributed by atoms with E-state index in [1.807, 2.05) is 0 Å². The molecule has 94 valence electrons. The molecule has 0 fully saturated rings. The van der Waals surface area contributed by atoms with Crippen molar-refractivity contribution in [3.63, 3.8) is 0 Å². The van der Waals surface area contributed by atoms with Crippen molar-refractivity contribution in [2.45, 2.75) is 39.5 Å². The lowest BCUT2D eigenvalue weighted by molar-refractivity contribution is -0.138. The quantitative estimate of drug-likeness (QED) is 0.267. The maximum absolute atomic E-state index is 10.8. The Bertz CT molecular complexity index is 212. The third kappa shape index (κ3) is 5.46. The molecule has 0 aromatic carbocycles. The van der Waals surface area contributed by atoms with Gasteiger partial charge in [-0.2, -0.15) is 0 Å². The van der Waals surface area contributed by atoms with E-state index in [0.717, 1.165) is 42.8 Å². The monoisotopic (exact) mass is 244 g/mol. The Hall–Kier alpha value is -0.613. The summed E-state index contributed by atoms with van der Waals surface area (Å²) in [5.41, 5.74) is 0.266. The van der Waals surface area contributed by atoms with E-state index in [2.05, 4.69) is 20.4 Å². The molecule has 0 bridgehead atoms. The van der Waals surface area contributed by atoms with Gasteiger partial charge in [0.05, 0.1) is 6.61 Å². The van der Waals surface area contributed by atoms with Crippen LogP contribution in [0.15, 0.2) is 12.7 Å². The molecular formula is C12H24O3Si. The van der Waals surface area contributed by atoms with Gasteiger partial charge in [-0.1, -0.05) is 20.4 Å². The van der Waals surface area contributed by atoms with E-state index in [-0.39, 0.29) is 11.4 Å². The maximum Gasteiger partial charge on any atom is 0.330 e. The molecular weight excluding hydrogens is 220 g/mol. The SMILES string of the molecule is C=CC(=O)OCCCC(CC)(CC)CO[SiH3]. The highest BCUT2D eigenvalue weighted by molar-refractivity contribution is 5.97. The lowest BCUT2D eigenvalue weighted by Crippen LogP contribution is -2.25. The van der Waals surface area contributed by atoms with Gasteiger partial charge >= 0.3 is 5.97 Å². The smallest absolute Gasteiger partial charge is 0.330 e. The zero-order chi connectivity index (χ0) is 12.4. The van der Waals surface area contributed by atoms with Gasteiger partial charge in [0.1, 0.15) is 10.5 Å². The number of hydrogen-bond donors (Lipinski definition) is 0. The third-order valence-electron chi connectivity index (χ3n) is 3.21. The second-order valence-corrected chi connectivity index (χ2v) is 4.69. The summed E-state index contributed by atoms with van der Waals surface area (Å²) in [6.45, 7) is 9.06. The minimum atomic E-state index is -0.335. The van der Waals surface area contributed by atoms with Crippen molar-refractivity contribution in [3.8, 4) is 0 Å². The largest absolute Gasteiger partial charge is 0.463 e. The maximum atomic E-state index is 10.8. The van der Waals surface area contributed by atoms with Crippen LogP contribution in [0, 0.1) is 5.41 Å². The van der Waals surface area contributed by atoms with E-state index in [0.29, 0.717) is 6.61 Å². The van der Waals surface area contributed by atoms with Gasteiger partial charge in [-0.25, -0.2) is 4.79 Å². The molecule has 0 aromatic heterocycles. The molecule has 0 radical (unpaired) electrons. The molecule has 0 spiro atoms. The molecule has 0 saturated heterocycles. The van der Waals surface area contributed by atoms with E-state index in [1.165, 1.54) is 6.08 Å². The highest BCUT2D eigenvalue weighted by Gasteiger charge is 2.25. The molecule has 3 nitrogen and oxygen atoms in total. The summed E-state index contributed by atoms with van der Waals surface area (Å²) in [4.78, 5) is 10.8. The fourth-order valence-corrected chi connectivity index (χ4v) is 2.48. The minimum Gasteiger partial charge on any atom is -0.463 e. The van der Waals surface area contributed by atoms with Crippen LogP contribution in [0.25, 0.3) is 0 Å². The average Bonchev–Trinajstić information content (AvgIpc) is 2.32. The molecule has 16 heavy (non-hydrogen) atoms. The first-order chi connectivity index (χ1) is 7.64. The Morgan fingerprint density at radius 3 is 2.50 bits per heavy atom. The van der Waals surface area contributed by atoms with Crippen molar-refractivity contribution in [2.24, 2.45) is 5.41 Å². The number of esters is 1. The van der Waals surface area contributed by atoms with E-state index >= 15 is 0 Å². The topological polar surface area (TPSA) is 35.5 Å². The second-order valence-electron chi connectivity index (χ2n) is 4.12. The van der Waals surface area contributed by atoms with E-state index in [4.69, 9.17) is 9.16 Å². The van der Waals surface area contributed by atoms with Gasteiger partial charge < -0.3 is 9.16 Å². The first kappa shape index (κ1) is 15.4. The van der Waals surface area contributed by atoms with Crippen LogP contribution in [0.4, 0.5) is 0 Å². The van der Waals surface area contributed by atoms with Crippen LogP contribution in [0.3, 0.4) is 0 Å². The second kappa shape index (κ2) is 8.53. The summed E-state index contributed by atoms with van der Waals surface area (Å²) in [5.74, 6) is -0.335. The number of hydrogen-bond acceptors (Lipinski definition) is 3. The Morgan fingerprint density at radius 1 is 1.44 bits per heavy atom. The highest BCUT2D eigenvalue weighted by atomic mass is 28.2. The van der Waals surface area contributed by atoms with Crippen LogP contribution < -0.4 is 0 Å². The van der Waals surface area contributed by atoms with Crippen LogP contribution in [0.1, 0.15) is 39.5 Å².